The van der Waals surface area contributed by atoms with E-state index in [1.807, 2.05) is 54.9 Å². The number of nitrogens with zero attached hydrogens (tertiary/aromatic N) is 3. The number of aromatic amines is 1. The van der Waals surface area contributed by atoms with Gasteiger partial charge in [0.25, 0.3) is 0 Å². The first-order chi connectivity index (χ1) is 15.9. The van der Waals surface area contributed by atoms with Crippen molar-refractivity contribution in [2.24, 2.45) is 5.73 Å². The average molecular weight is 448 g/mol. The molecule has 4 rings (SSSR count). The molecule has 3 heterocycles. The number of fused-ring (bicyclic) bond motifs is 2. The van der Waals surface area contributed by atoms with Crippen molar-refractivity contribution in [3.05, 3.63) is 60.8 Å². The molecule has 0 spiro atoms. The van der Waals surface area contributed by atoms with Crippen molar-refractivity contribution < 1.29 is 5.11 Å². The zero-order valence-electron chi connectivity index (χ0n) is 19.3. The second-order valence-electron chi connectivity index (χ2n) is 8.80. The molecule has 0 amide bonds. The van der Waals surface area contributed by atoms with Crippen molar-refractivity contribution in [1.29, 1.82) is 0 Å². The molecule has 0 bridgehead atoms. The molecule has 4 aromatic rings. The number of aromatic nitrogens is 4. The molecule has 33 heavy (non-hydrogen) atoms. The van der Waals surface area contributed by atoms with Gasteiger partial charge in [-0.15, -0.1) is 0 Å². The van der Waals surface area contributed by atoms with Gasteiger partial charge in [0.1, 0.15) is 22.9 Å². The molecule has 0 saturated heterocycles. The Labute approximate surface area is 193 Å². The molecule has 7 N–H and O–H groups in total. The number of nitrogens with one attached hydrogen (secondary N) is 2. The van der Waals surface area contributed by atoms with Crippen LogP contribution in [-0.4, -0.2) is 43.1 Å². The van der Waals surface area contributed by atoms with Crippen molar-refractivity contribution in [2.45, 2.75) is 44.6 Å². The van der Waals surface area contributed by atoms with Gasteiger partial charge in [0.2, 0.25) is 0 Å². The summed E-state index contributed by atoms with van der Waals surface area (Å²) in [4.78, 5) is 12.8. The summed E-state index contributed by atoms with van der Waals surface area (Å²) in [6.07, 6.45) is 9.24. The second-order valence-corrected chi connectivity index (χ2v) is 8.80. The van der Waals surface area contributed by atoms with Crippen molar-refractivity contribution >= 4 is 22.2 Å². The molecule has 3 aromatic heterocycles. The third kappa shape index (κ3) is 4.86. The number of anilines is 1. The Kier molecular flexibility index (Phi) is 6.67. The van der Waals surface area contributed by atoms with Crippen LogP contribution in [0.3, 0.4) is 0 Å². The summed E-state index contributed by atoms with van der Waals surface area (Å²) >= 11 is 0. The predicted molar refractivity (Wildman–Crippen MR) is 134 cm³/mol. The molecule has 0 aliphatic carbocycles. The fourth-order valence-corrected chi connectivity index (χ4v) is 4.46. The first-order valence-electron chi connectivity index (χ1n) is 11.4. The predicted octanol–water partition coefficient (Wildman–Crippen LogP) is 3.55. The molecule has 0 saturated carbocycles. The molecule has 0 radical (unpaired) electrons. The number of benzene rings is 1. The van der Waals surface area contributed by atoms with Crippen LogP contribution in [0.2, 0.25) is 0 Å². The van der Waals surface area contributed by atoms with Gasteiger partial charge >= 0.3 is 0 Å². The van der Waals surface area contributed by atoms with Crippen LogP contribution in [0.25, 0.3) is 27.8 Å². The number of aliphatic hydroxyl groups is 1. The van der Waals surface area contributed by atoms with Crippen LogP contribution >= 0.6 is 0 Å². The van der Waals surface area contributed by atoms with Gasteiger partial charge in [0.15, 0.2) is 0 Å². The van der Waals surface area contributed by atoms with Crippen LogP contribution in [0.4, 0.5) is 5.82 Å². The summed E-state index contributed by atoms with van der Waals surface area (Å²) in [5.74, 6) is 1.21. The molecular formula is C25H33N7O. The number of H-pyrrole nitrogens is 1. The molecule has 2 atom stereocenters. The van der Waals surface area contributed by atoms with E-state index in [0.29, 0.717) is 38.2 Å². The number of nitrogens with two attached hydrogens (primary N) is 2. The lowest BCUT2D eigenvalue weighted by molar-refractivity contribution is 0.0342. The minimum absolute atomic E-state index is 0.0425. The van der Waals surface area contributed by atoms with Gasteiger partial charge in [-0.25, -0.2) is 9.97 Å². The maximum atomic E-state index is 11.1. The zero-order chi connectivity index (χ0) is 23.4. The lowest BCUT2D eigenvalue weighted by atomic mass is 9.87. The Hall–Kier alpha value is -3.36. The molecule has 0 aliphatic rings. The molecule has 0 fully saturated rings. The van der Waals surface area contributed by atoms with E-state index in [4.69, 9.17) is 16.5 Å². The Morgan fingerprint density at radius 3 is 2.91 bits per heavy atom. The fraction of sp³-hybridized carbons (Fsp3) is 0.360. The van der Waals surface area contributed by atoms with E-state index < -0.39 is 5.60 Å². The molecule has 8 nitrogen and oxygen atoms in total. The van der Waals surface area contributed by atoms with Gasteiger partial charge in [-0.05, 0) is 58.0 Å². The van der Waals surface area contributed by atoms with Crippen LogP contribution in [-0.2, 0) is 0 Å². The van der Waals surface area contributed by atoms with E-state index in [2.05, 4.69) is 27.4 Å². The van der Waals surface area contributed by atoms with Gasteiger partial charge < -0.3 is 26.9 Å². The van der Waals surface area contributed by atoms with E-state index in [1.165, 1.54) is 0 Å². The number of para-hydroxylation sites is 1. The number of hydrogen-bond acceptors (Lipinski definition) is 6. The summed E-state index contributed by atoms with van der Waals surface area (Å²) in [6, 6.07) is 10.2. The van der Waals surface area contributed by atoms with Crippen molar-refractivity contribution in [2.75, 3.05) is 18.8 Å². The Morgan fingerprint density at radius 2 is 2.15 bits per heavy atom. The SMILES string of the molecule is C/C=C\NCCC(C)(O)CC(CCN)c1nc(-c2cc3ccccc3[nH]2)c2c(N)nccn12. The Morgan fingerprint density at radius 1 is 1.33 bits per heavy atom. The van der Waals surface area contributed by atoms with Gasteiger partial charge in [-0.1, -0.05) is 24.3 Å². The molecule has 174 valence electrons. The van der Waals surface area contributed by atoms with E-state index in [1.54, 1.807) is 6.20 Å². The van der Waals surface area contributed by atoms with Crippen LogP contribution < -0.4 is 16.8 Å². The Bertz CT molecular complexity index is 1220. The summed E-state index contributed by atoms with van der Waals surface area (Å²) in [7, 11) is 0. The molecule has 8 heteroatoms. The lowest BCUT2D eigenvalue weighted by Gasteiger charge is -2.28. The number of allylic oxidation sites excluding steroid dienone is 1. The van der Waals surface area contributed by atoms with Crippen LogP contribution in [0.5, 0.6) is 0 Å². The average Bonchev–Trinajstić information content (AvgIpc) is 3.39. The maximum Gasteiger partial charge on any atom is 0.150 e. The minimum atomic E-state index is -0.875. The van der Waals surface area contributed by atoms with E-state index in [-0.39, 0.29) is 5.92 Å². The van der Waals surface area contributed by atoms with Crippen molar-refractivity contribution in [1.82, 2.24) is 24.7 Å². The molecule has 0 aliphatic heterocycles. The summed E-state index contributed by atoms with van der Waals surface area (Å²) in [5.41, 5.74) is 14.9. The first-order valence-corrected chi connectivity index (χ1v) is 11.4. The van der Waals surface area contributed by atoms with Gasteiger partial charge in [-0.2, -0.15) is 0 Å². The third-order valence-corrected chi connectivity index (χ3v) is 6.05. The molecule has 2 unspecified atom stereocenters. The smallest absolute Gasteiger partial charge is 0.150 e. The topological polar surface area (TPSA) is 130 Å². The van der Waals surface area contributed by atoms with Gasteiger partial charge in [-0.3, -0.25) is 4.40 Å². The van der Waals surface area contributed by atoms with E-state index in [9.17, 15) is 5.11 Å². The van der Waals surface area contributed by atoms with Crippen LogP contribution in [0, 0.1) is 0 Å². The molecule has 1 aromatic carbocycles. The number of hydrogen-bond donors (Lipinski definition) is 5. The minimum Gasteiger partial charge on any atom is -0.391 e. The lowest BCUT2D eigenvalue weighted by Crippen LogP contribution is -2.31. The first kappa shape index (κ1) is 22.8. The quantitative estimate of drug-likeness (QED) is 0.236. The standard InChI is InChI=1S/C25H33N7O/c1-3-11-28-12-9-25(2,33)16-18(8-10-26)24-31-21(22-23(27)29-13-14-32(22)24)20-15-17-6-4-5-7-19(17)30-20/h3-7,11,13-15,18,28,30,33H,8-10,12,16,26H2,1-2H3,(H2,27,29)/b11-3-. The highest BCUT2D eigenvalue weighted by atomic mass is 16.3. The highest BCUT2D eigenvalue weighted by molar-refractivity contribution is 5.91. The number of rotatable bonds is 10. The highest BCUT2D eigenvalue weighted by Gasteiger charge is 2.30. The third-order valence-electron chi connectivity index (χ3n) is 6.05. The normalized spacial score (nSPS) is 14.8. The van der Waals surface area contributed by atoms with Crippen molar-refractivity contribution in [3.63, 3.8) is 0 Å². The van der Waals surface area contributed by atoms with Crippen LogP contribution in [0.1, 0.15) is 44.9 Å². The van der Waals surface area contributed by atoms with Gasteiger partial charge in [0, 0.05) is 35.8 Å². The Balaban J connectivity index is 1.74. The number of imidazole rings is 1. The zero-order valence-corrected chi connectivity index (χ0v) is 19.3. The number of nitrogen functional groups attached to an aromatic ring is 1. The summed E-state index contributed by atoms with van der Waals surface area (Å²) in [5, 5.41) is 15.4. The van der Waals surface area contributed by atoms with Gasteiger partial charge in [0.05, 0.1) is 11.3 Å². The molecular weight excluding hydrogens is 414 g/mol. The summed E-state index contributed by atoms with van der Waals surface area (Å²) < 4.78 is 2.00. The van der Waals surface area contributed by atoms with E-state index in [0.717, 1.165) is 33.6 Å². The van der Waals surface area contributed by atoms with Crippen LogP contribution in [0.15, 0.2) is 55.0 Å². The summed E-state index contributed by atoms with van der Waals surface area (Å²) in [6.45, 7) is 5.01. The monoisotopic (exact) mass is 447 g/mol. The second kappa shape index (κ2) is 9.64. The van der Waals surface area contributed by atoms with E-state index >= 15 is 0 Å². The largest absolute Gasteiger partial charge is 0.391 e. The maximum absolute atomic E-state index is 11.1. The van der Waals surface area contributed by atoms with Crippen molar-refractivity contribution in [3.8, 4) is 11.4 Å². The highest BCUT2D eigenvalue weighted by Crippen LogP contribution is 2.36. The fourth-order valence-electron chi connectivity index (χ4n) is 4.46.